The van der Waals surface area contributed by atoms with Gasteiger partial charge in [0.1, 0.15) is 24.4 Å². The molecule has 9 nitrogen and oxygen atoms in total. The molecule has 8 N–H and O–H groups in total. The van der Waals surface area contributed by atoms with E-state index in [1.54, 1.807) is 0 Å². The van der Waals surface area contributed by atoms with Crippen LogP contribution in [-0.2, 0) is 9.36 Å². The van der Waals surface area contributed by atoms with Gasteiger partial charge in [-0.05, 0) is 0 Å². The van der Waals surface area contributed by atoms with Gasteiger partial charge in [-0.25, -0.2) is 0 Å². The van der Waals surface area contributed by atoms with Crippen LogP contribution in [0.15, 0.2) is 0 Å². The van der Waals surface area contributed by atoms with Crippen LogP contribution in [0.3, 0.4) is 0 Å². The third kappa shape index (κ3) is 3.89. The van der Waals surface area contributed by atoms with Gasteiger partial charge in [-0.2, -0.15) is 0 Å². The number of rotatable bonds is 6. The van der Waals surface area contributed by atoms with Gasteiger partial charge in [0.2, 0.25) is 0 Å². The minimum Gasteiger partial charge on any atom is -0.394 e. The van der Waals surface area contributed by atoms with Crippen molar-refractivity contribution in [3.8, 4) is 0 Å². The Morgan fingerprint density at radius 3 is 1.94 bits per heavy atom. The monoisotopic (exact) mass is 259 g/mol. The van der Waals surface area contributed by atoms with Gasteiger partial charge in [0.25, 0.3) is 5.52 Å². The summed E-state index contributed by atoms with van der Waals surface area (Å²) >= 11 is 0. The molecule has 0 saturated carbocycles. The van der Waals surface area contributed by atoms with Crippen LogP contribution < -0.4 is 5.73 Å². The summed E-state index contributed by atoms with van der Waals surface area (Å²) in [7, 11) is -5.12. The predicted octanol–water partition coefficient (Wildman–Crippen LogP) is -3.91. The zero-order valence-electron chi connectivity index (χ0n) is 8.04. The van der Waals surface area contributed by atoms with Gasteiger partial charge in [0.05, 0.1) is 6.61 Å². The van der Waals surface area contributed by atoms with Crippen LogP contribution in [0.1, 0.15) is 0 Å². The van der Waals surface area contributed by atoms with Crippen molar-refractivity contribution in [2.45, 2.75) is 24.4 Å². The summed E-state index contributed by atoms with van der Waals surface area (Å²) in [6, 6.07) is -2.06. The maximum Gasteiger partial charge on any atom is 0.393 e. The molecule has 16 heavy (non-hydrogen) atoms. The summed E-state index contributed by atoms with van der Waals surface area (Å²) in [6.07, 6.45) is -5.86. The van der Waals surface area contributed by atoms with Crippen molar-refractivity contribution < 1.29 is 39.6 Å². The molecule has 0 rings (SSSR count). The smallest absolute Gasteiger partial charge is 0.393 e. The number of aliphatic hydroxyl groups excluding tert-OH is 4. The number of nitrogens with two attached hydrogens (primary N) is 1. The molecule has 0 spiro atoms. The Balaban J connectivity index is 4.68. The summed E-state index contributed by atoms with van der Waals surface area (Å²) in [4.78, 5) is 27.8. The van der Waals surface area contributed by atoms with Crippen LogP contribution in [-0.4, -0.2) is 66.7 Å². The van der Waals surface area contributed by atoms with E-state index < -0.39 is 44.1 Å². The second kappa shape index (κ2) is 5.80. The normalized spacial score (nSPS) is 19.9. The van der Waals surface area contributed by atoms with Crippen LogP contribution in [0.4, 0.5) is 0 Å². The number of hydrogen-bond donors (Lipinski definition) is 7. The third-order valence-corrected chi connectivity index (χ3v) is 2.74. The molecule has 96 valence electrons. The Labute approximate surface area is 90.3 Å². The maximum atomic E-state index is 10.9. The zero-order chi connectivity index (χ0) is 13.1. The first-order valence-electron chi connectivity index (χ1n) is 4.13. The summed E-state index contributed by atoms with van der Waals surface area (Å²) in [5.74, 6) is 0. The van der Waals surface area contributed by atoms with Crippen LogP contribution in [0, 0.1) is 0 Å². The van der Waals surface area contributed by atoms with E-state index in [-0.39, 0.29) is 0 Å². The Bertz CT molecular complexity index is 290. The molecule has 0 unspecified atom stereocenters. The van der Waals surface area contributed by atoms with E-state index in [1.165, 1.54) is 0 Å². The molecule has 0 aromatic heterocycles. The molecular weight excluding hydrogens is 245 g/mol. The van der Waals surface area contributed by atoms with E-state index in [2.05, 4.69) is 0 Å². The highest BCUT2D eigenvalue weighted by atomic mass is 31.2. The molecule has 4 atom stereocenters. The predicted molar refractivity (Wildman–Crippen MR) is 50.1 cm³/mol. The lowest BCUT2D eigenvalue weighted by atomic mass is 10.0. The lowest BCUT2D eigenvalue weighted by molar-refractivity contribution is -0.123. The van der Waals surface area contributed by atoms with Crippen LogP contribution in [0.2, 0.25) is 0 Å². The molecule has 0 fully saturated rings. The van der Waals surface area contributed by atoms with Crippen molar-refractivity contribution in [1.82, 2.24) is 0 Å². The molecule has 0 aliphatic heterocycles. The van der Waals surface area contributed by atoms with Crippen molar-refractivity contribution in [2.24, 2.45) is 5.73 Å². The molecule has 0 radical (unpaired) electrons. The molecule has 0 bridgehead atoms. The highest BCUT2D eigenvalue weighted by Gasteiger charge is 2.40. The molecule has 0 aromatic rings. The van der Waals surface area contributed by atoms with E-state index in [4.69, 9.17) is 30.8 Å². The number of carbonyl (C=O) groups is 1. The largest absolute Gasteiger partial charge is 0.394 e. The Kier molecular flexibility index (Phi) is 5.66. The van der Waals surface area contributed by atoms with Gasteiger partial charge in [-0.1, -0.05) is 0 Å². The van der Waals surface area contributed by atoms with E-state index in [1.807, 2.05) is 0 Å². The standard InChI is InChI=1S/C6H14NO8P/c7-3(6(12)16(13,14)15)5(11)4(10)2(9)1-8/h2-5,8-11H,1,7H2,(H2,13,14,15)/t2-,3-,4-,5-/m1/s1. The molecule has 10 heteroatoms. The molecule has 0 aromatic carbocycles. The fourth-order valence-electron chi connectivity index (χ4n) is 0.888. The number of carbonyl (C=O) groups excluding carboxylic acids is 1. The van der Waals surface area contributed by atoms with Crippen molar-refractivity contribution in [2.75, 3.05) is 6.61 Å². The van der Waals surface area contributed by atoms with Crippen molar-refractivity contribution in [3.63, 3.8) is 0 Å². The quantitative estimate of drug-likeness (QED) is 0.234. The first-order chi connectivity index (χ1) is 7.12. The van der Waals surface area contributed by atoms with Crippen molar-refractivity contribution in [3.05, 3.63) is 0 Å². The average Bonchev–Trinajstić information content (AvgIpc) is 2.22. The fourth-order valence-corrected chi connectivity index (χ4v) is 1.43. The van der Waals surface area contributed by atoms with E-state index in [0.29, 0.717) is 0 Å². The third-order valence-electron chi connectivity index (χ3n) is 1.87. The van der Waals surface area contributed by atoms with Crippen LogP contribution >= 0.6 is 7.60 Å². The molecule has 0 heterocycles. The molecule has 0 aliphatic rings. The van der Waals surface area contributed by atoms with Crippen molar-refractivity contribution in [1.29, 1.82) is 0 Å². The van der Waals surface area contributed by atoms with Gasteiger partial charge in [0, 0.05) is 0 Å². The Hall–Kier alpha value is -0.380. The minimum absolute atomic E-state index is 0.908. The van der Waals surface area contributed by atoms with Crippen LogP contribution in [0.5, 0.6) is 0 Å². The topological polar surface area (TPSA) is 182 Å². The first-order valence-corrected chi connectivity index (χ1v) is 5.74. The summed E-state index contributed by atoms with van der Waals surface area (Å²) in [5.41, 5.74) is 3.24. The second-order valence-electron chi connectivity index (χ2n) is 3.14. The van der Waals surface area contributed by atoms with Crippen molar-refractivity contribution >= 4 is 13.1 Å². The number of hydrogen-bond acceptors (Lipinski definition) is 7. The van der Waals surface area contributed by atoms with Gasteiger partial charge >= 0.3 is 7.60 Å². The van der Waals surface area contributed by atoms with Crippen LogP contribution in [0.25, 0.3) is 0 Å². The maximum absolute atomic E-state index is 10.9. The lowest BCUT2D eigenvalue weighted by Gasteiger charge is -2.25. The lowest BCUT2D eigenvalue weighted by Crippen LogP contribution is -2.52. The average molecular weight is 259 g/mol. The summed E-state index contributed by atoms with van der Waals surface area (Å²) in [6.45, 7) is -0.908. The molecule has 0 aliphatic carbocycles. The summed E-state index contributed by atoms with van der Waals surface area (Å²) < 4.78 is 10.5. The van der Waals surface area contributed by atoms with Gasteiger partial charge < -0.3 is 35.9 Å². The SMILES string of the molecule is N[C@@H](C(=O)P(=O)(O)O)[C@@H](O)[C@H](O)[C@H](O)CO. The second-order valence-corrected chi connectivity index (χ2v) is 4.67. The first kappa shape index (κ1) is 15.6. The Morgan fingerprint density at radius 1 is 1.19 bits per heavy atom. The van der Waals surface area contributed by atoms with Gasteiger partial charge in [-0.3, -0.25) is 9.36 Å². The molecule has 0 saturated heterocycles. The highest BCUT2D eigenvalue weighted by molar-refractivity contribution is 7.70. The fraction of sp³-hybridized carbons (Fsp3) is 0.833. The van der Waals surface area contributed by atoms with Gasteiger partial charge in [-0.15, -0.1) is 0 Å². The molecule has 0 amide bonds. The van der Waals surface area contributed by atoms with E-state index in [9.17, 15) is 14.5 Å². The van der Waals surface area contributed by atoms with E-state index >= 15 is 0 Å². The zero-order valence-corrected chi connectivity index (χ0v) is 8.94. The summed E-state index contributed by atoms with van der Waals surface area (Å²) in [5, 5.41) is 35.7. The van der Waals surface area contributed by atoms with E-state index in [0.717, 1.165) is 0 Å². The number of aliphatic hydroxyl groups is 4. The van der Waals surface area contributed by atoms with Gasteiger partial charge in [0.15, 0.2) is 0 Å². The minimum atomic E-state index is -5.12. The highest BCUT2D eigenvalue weighted by Crippen LogP contribution is 2.37. The molecular formula is C6H14NO8P. The Morgan fingerprint density at radius 2 is 1.62 bits per heavy atom.